The van der Waals surface area contributed by atoms with Crippen LogP contribution < -0.4 is 5.46 Å². The summed E-state index contributed by atoms with van der Waals surface area (Å²) in [5, 5.41) is 18.6. The highest BCUT2D eigenvalue weighted by Gasteiger charge is 2.14. The van der Waals surface area contributed by atoms with Crippen LogP contribution in [0.2, 0.25) is 0 Å². The molecule has 0 aliphatic rings. The van der Waals surface area contributed by atoms with E-state index < -0.39 is 7.12 Å². The zero-order valence-electron chi connectivity index (χ0n) is 15.2. The molecule has 5 nitrogen and oxygen atoms in total. The predicted octanol–water partition coefficient (Wildman–Crippen LogP) is 2.86. The summed E-state index contributed by atoms with van der Waals surface area (Å²) in [5.41, 5.74) is 3.00. The summed E-state index contributed by atoms with van der Waals surface area (Å²) in [6.07, 6.45) is 5.86. The van der Waals surface area contributed by atoms with E-state index in [2.05, 4.69) is 15.0 Å². The van der Waals surface area contributed by atoms with Crippen molar-refractivity contribution in [1.82, 2.24) is 15.0 Å². The zero-order chi connectivity index (χ0) is 19.2. The lowest BCUT2D eigenvalue weighted by Crippen LogP contribution is -2.29. The molecule has 0 fully saturated rings. The highest BCUT2D eigenvalue weighted by Crippen LogP contribution is 2.22. The Kier molecular flexibility index (Phi) is 5.91. The summed E-state index contributed by atoms with van der Waals surface area (Å²) < 4.78 is 0. The van der Waals surface area contributed by atoms with Gasteiger partial charge in [-0.1, -0.05) is 72.8 Å². The van der Waals surface area contributed by atoms with E-state index in [1.807, 2.05) is 62.4 Å². The summed E-state index contributed by atoms with van der Waals surface area (Å²) in [6, 6.07) is 16.6. The Morgan fingerprint density at radius 2 is 1.41 bits per heavy atom. The molecule has 0 amide bonds. The van der Waals surface area contributed by atoms with Gasteiger partial charge in [0.05, 0.1) is 0 Å². The van der Waals surface area contributed by atoms with Gasteiger partial charge in [-0.15, -0.1) is 0 Å². The lowest BCUT2D eigenvalue weighted by Gasteiger charge is -2.09. The molecule has 1 aromatic heterocycles. The molecule has 0 aliphatic carbocycles. The summed E-state index contributed by atoms with van der Waals surface area (Å²) in [5.74, 6) is 1.71. The van der Waals surface area contributed by atoms with E-state index in [-0.39, 0.29) is 0 Å². The van der Waals surface area contributed by atoms with Gasteiger partial charge in [0, 0.05) is 16.7 Å². The normalized spacial score (nSPS) is 11.8. The smallest absolute Gasteiger partial charge is 0.423 e. The van der Waals surface area contributed by atoms with Crippen LogP contribution in [-0.4, -0.2) is 32.1 Å². The van der Waals surface area contributed by atoms with Gasteiger partial charge in [-0.25, -0.2) is 15.0 Å². The Morgan fingerprint density at radius 1 is 0.815 bits per heavy atom. The van der Waals surface area contributed by atoms with E-state index in [0.29, 0.717) is 22.9 Å². The first-order valence-electron chi connectivity index (χ1n) is 8.69. The van der Waals surface area contributed by atoms with Crippen LogP contribution in [0.1, 0.15) is 19.7 Å². The number of aromatic nitrogens is 3. The molecular weight excluding hydrogens is 337 g/mol. The van der Waals surface area contributed by atoms with Crippen molar-refractivity contribution >= 4 is 18.2 Å². The maximum absolute atomic E-state index is 9.29. The highest BCUT2D eigenvalue weighted by atomic mass is 16.4. The largest absolute Gasteiger partial charge is 0.488 e. The third kappa shape index (κ3) is 4.37. The first kappa shape index (κ1) is 18.7. The number of nitrogens with zero attached hydrogens (tertiary/aromatic N) is 3. The Hall–Kier alpha value is -3.09. The minimum Gasteiger partial charge on any atom is -0.423 e. The Labute approximate surface area is 158 Å². The highest BCUT2D eigenvalue weighted by molar-refractivity contribution is 6.58. The molecular formula is C21H20BN3O2. The van der Waals surface area contributed by atoms with Gasteiger partial charge in [-0.3, -0.25) is 0 Å². The quantitative estimate of drug-likeness (QED) is 0.542. The fourth-order valence-corrected chi connectivity index (χ4v) is 2.63. The Morgan fingerprint density at radius 3 is 1.93 bits per heavy atom. The molecule has 134 valence electrons. The molecule has 0 saturated heterocycles. The molecule has 0 saturated carbocycles. The lowest BCUT2D eigenvalue weighted by molar-refractivity contribution is 0.426. The Balaban J connectivity index is 2.15. The van der Waals surface area contributed by atoms with Crippen LogP contribution in [0.5, 0.6) is 0 Å². The van der Waals surface area contributed by atoms with Gasteiger partial charge >= 0.3 is 7.12 Å². The van der Waals surface area contributed by atoms with E-state index in [1.54, 1.807) is 24.3 Å². The van der Waals surface area contributed by atoms with Gasteiger partial charge < -0.3 is 10.0 Å². The fraction of sp³-hybridized carbons (Fsp3) is 0.0952. The van der Waals surface area contributed by atoms with Crippen LogP contribution >= 0.6 is 0 Å². The monoisotopic (exact) mass is 357 g/mol. The van der Waals surface area contributed by atoms with Gasteiger partial charge in [0.25, 0.3) is 0 Å². The fourth-order valence-electron chi connectivity index (χ4n) is 2.63. The number of allylic oxidation sites excluding steroid dienone is 4. The SMILES string of the molecule is C/C=C\C(=C/C)c1nc(-c2ccccc2)nc(-c2ccc(B(O)O)cc2)n1. The predicted molar refractivity (Wildman–Crippen MR) is 109 cm³/mol. The third-order valence-corrected chi connectivity index (χ3v) is 4.05. The molecule has 3 aromatic rings. The van der Waals surface area contributed by atoms with Crippen molar-refractivity contribution < 1.29 is 10.0 Å². The van der Waals surface area contributed by atoms with E-state index in [9.17, 15) is 10.0 Å². The standard InChI is InChI=1S/C21H20BN3O2/c1-3-8-15(4-2)19-23-20(16-9-6-5-7-10-16)25-21(24-19)17-11-13-18(14-12-17)22(26)27/h3-14,26-27H,1-2H3/b8-3-,15-4+. The summed E-state index contributed by atoms with van der Waals surface area (Å²) in [6.45, 7) is 3.89. The topological polar surface area (TPSA) is 79.1 Å². The molecule has 3 rings (SSSR count). The Bertz CT molecular complexity index is 968. The van der Waals surface area contributed by atoms with Crippen molar-refractivity contribution in [2.75, 3.05) is 0 Å². The number of hydrogen-bond donors (Lipinski definition) is 2. The lowest BCUT2D eigenvalue weighted by atomic mass is 9.80. The molecule has 0 unspecified atom stereocenters. The van der Waals surface area contributed by atoms with E-state index >= 15 is 0 Å². The van der Waals surface area contributed by atoms with Crippen molar-refractivity contribution in [3.8, 4) is 22.8 Å². The van der Waals surface area contributed by atoms with Crippen molar-refractivity contribution in [3.05, 3.63) is 78.6 Å². The number of benzene rings is 2. The number of rotatable bonds is 5. The average Bonchev–Trinajstić information content (AvgIpc) is 2.72. The van der Waals surface area contributed by atoms with Gasteiger partial charge in [-0.2, -0.15) is 0 Å². The van der Waals surface area contributed by atoms with Crippen LogP contribution in [0, 0.1) is 0 Å². The summed E-state index contributed by atoms with van der Waals surface area (Å²) in [4.78, 5) is 13.9. The summed E-state index contributed by atoms with van der Waals surface area (Å²) >= 11 is 0. The van der Waals surface area contributed by atoms with Gasteiger partial charge in [0.1, 0.15) is 0 Å². The minimum absolute atomic E-state index is 0.416. The van der Waals surface area contributed by atoms with Crippen LogP contribution in [0.4, 0.5) is 0 Å². The van der Waals surface area contributed by atoms with Crippen LogP contribution in [-0.2, 0) is 0 Å². The second kappa shape index (κ2) is 8.53. The molecule has 2 aromatic carbocycles. The first-order chi connectivity index (χ1) is 13.1. The summed E-state index contributed by atoms with van der Waals surface area (Å²) in [7, 11) is -1.50. The van der Waals surface area contributed by atoms with Gasteiger partial charge in [0.2, 0.25) is 0 Å². The minimum atomic E-state index is -1.50. The van der Waals surface area contributed by atoms with Crippen molar-refractivity contribution in [2.45, 2.75) is 13.8 Å². The van der Waals surface area contributed by atoms with Gasteiger partial charge in [0.15, 0.2) is 17.5 Å². The second-order valence-corrected chi connectivity index (χ2v) is 5.91. The molecule has 27 heavy (non-hydrogen) atoms. The molecule has 0 spiro atoms. The second-order valence-electron chi connectivity index (χ2n) is 5.91. The molecule has 0 bridgehead atoms. The zero-order valence-corrected chi connectivity index (χ0v) is 15.2. The molecule has 2 N–H and O–H groups in total. The molecule has 0 aliphatic heterocycles. The number of hydrogen-bond acceptors (Lipinski definition) is 5. The van der Waals surface area contributed by atoms with Crippen molar-refractivity contribution in [2.24, 2.45) is 0 Å². The van der Waals surface area contributed by atoms with Crippen molar-refractivity contribution in [1.29, 1.82) is 0 Å². The molecule has 1 heterocycles. The molecule has 6 heteroatoms. The van der Waals surface area contributed by atoms with E-state index in [1.165, 1.54) is 0 Å². The molecule has 0 atom stereocenters. The molecule has 0 radical (unpaired) electrons. The maximum Gasteiger partial charge on any atom is 0.488 e. The third-order valence-electron chi connectivity index (χ3n) is 4.05. The average molecular weight is 357 g/mol. The first-order valence-corrected chi connectivity index (χ1v) is 8.69. The van der Waals surface area contributed by atoms with E-state index in [4.69, 9.17) is 0 Å². The van der Waals surface area contributed by atoms with Crippen LogP contribution in [0.3, 0.4) is 0 Å². The van der Waals surface area contributed by atoms with Crippen LogP contribution in [0.15, 0.2) is 72.8 Å². The maximum atomic E-state index is 9.29. The van der Waals surface area contributed by atoms with Crippen LogP contribution in [0.25, 0.3) is 28.3 Å². The van der Waals surface area contributed by atoms with Crippen molar-refractivity contribution in [3.63, 3.8) is 0 Å². The van der Waals surface area contributed by atoms with Gasteiger partial charge in [-0.05, 0) is 19.3 Å². The van der Waals surface area contributed by atoms with E-state index in [0.717, 1.165) is 16.7 Å².